The molecule has 0 unspecified atom stereocenters. The molecule has 1 aliphatic rings. The molecule has 1 atom stereocenters. The van der Waals surface area contributed by atoms with E-state index < -0.39 is 0 Å². The van der Waals surface area contributed by atoms with Crippen LogP contribution in [0.1, 0.15) is 41.8 Å². The van der Waals surface area contributed by atoms with Gasteiger partial charge in [-0.15, -0.1) is 11.3 Å². The maximum Gasteiger partial charge on any atom is 0.336 e. The Morgan fingerprint density at radius 3 is 2.81 bits per heavy atom. The zero-order chi connectivity index (χ0) is 18.6. The standard InChI is InChI=1S/C22H26N2O2S/c1-2-16-7-8-18-17(13-22(25)26-20(18)12-16)14-23-15-19(21-6-5-11-27-21)24-9-3-4-10-24/h5-8,11-13,19,23H,2-4,9-10,14-15H2,1H3/p+2/t19-/m1/s1. The van der Waals surface area contributed by atoms with Gasteiger partial charge in [0.15, 0.2) is 6.04 Å². The van der Waals surface area contributed by atoms with Gasteiger partial charge in [-0.05, 0) is 29.5 Å². The Hall–Kier alpha value is -1.95. The van der Waals surface area contributed by atoms with Gasteiger partial charge in [0.2, 0.25) is 0 Å². The van der Waals surface area contributed by atoms with Gasteiger partial charge in [0, 0.05) is 29.9 Å². The molecule has 5 heteroatoms. The first kappa shape index (κ1) is 18.4. The van der Waals surface area contributed by atoms with E-state index in [0.717, 1.165) is 30.5 Å². The van der Waals surface area contributed by atoms with Crippen LogP contribution in [0, 0.1) is 0 Å². The van der Waals surface area contributed by atoms with Crippen LogP contribution in [-0.4, -0.2) is 19.6 Å². The third-order valence-electron chi connectivity index (χ3n) is 5.69. The van der Waals surface area contributed by atoms with Crippen molar-refractivity contribution < 1.29 is 14.6 Å². The molecule has 4 nitrogen and oxygen atoms in total. The highest BCUT2D eigenvalue weighted by molar-refractivity contribution is 7.10. The number of thiophene rings is 1. The van der Waals surface area contributed by atoms with Crippen LogP contribution in [-0.2, 0) is 13.0 Å². The molecule has 0 bridgehead atoms. The lowest BCUT2D eigenvalue weighted by molar-refractivity contribution is -0.934. The van der Waals surface area contributed by atoms with Gasteiger partial charge in [-0.3, -0.25) is 0 Å². The Balaban J connectivity index is 1.51. The molecule has 1 saturated heterocycles. The summed E-state index contributed by atoms with van der Waals surface area (Å²) in [5, 5.41) is 5.60. The molecule has 3 N–H and O–H groups in total. The molecule has 3 heterocycles. The summed E-state index contributed by atoms with van der Waals surface area (Å²) in [7, 11) is 0. The Labute approximate surface area is 163 Å². The number of nitrogens with two attached hydrogens (primary N) is 1. The quantitative estimate of drug-likeness (QED) is 0.612. The number of aryl methyl sites for hydroxylation is 1. The lowest BCUT2D eigenvalue weighted by Gasteiger charge is -2.22. The summed E-state index contributed by atoms with van der Waals surface area (Å²) in [5.74, 6) is 0. The molecule has 142 valence electrons. The number of fused-ring (bicyclic) bond motifs is 1. The van der Waals surface area contributed by atoms with Crippen LogP contribution in [0.15, 0.2) is 51.0 Å². The fourth-order valence-corrected chi connectivity index (χ4v) is 5.12. The Morgan fingerprint density at radius 1 is 1.22 bits per heavy atom. The molecular weight excluding hydrogens is 356 g/mol. The first-order chi connectivity index (χ1) is 13.2. The van der Waals surface area contributed by atoms with Gasteiger partial charge in [-0.25, -0.2) is 4.79 Å². The van der Waals surface area contributed by atoms with Gasteiger partial charge < -0.3 is 14.6 Å². The fraction of sp³-hybridized carbons (Fsp3) is 0.409. The first-order valence-electron chi connectivity index (χ1n) is 10.00. The highest BCUT2D eigenvalue weighted by Gasteiger charge is 2.29. The summed E-state index contributed by atoms with van der Waals surface area (Å²) in [6.45, 7) is 6.51. The molecule has 1 fully saturated rings. The minimum atomic E-state index is -0.251. The summed E-state index contributed by atoms with van der Waals surface area (Å²) < 4.78 is 5.44. The van der Waals surface area contributed by atoms with E-state index >= 15 is 0 Å². The summed E-state index contributed by atoms with van der Waals surface area (Å²) in [4.78, 5) is 15.2. The van der Waals surface area contributed by atoms with Crippen LogP contribution in [0.3, 0.4) is 0 Å². The van der Waals surface area contributed by atoms with Crippen LogP contribution in [0.2, 0.25) is 0 Å². The maximum absolute atomic E-state index is 12.0. The lowest BCUT2D eigenvalue weighted by atomic mass is 10.1. The molecule has 3 aromatic rings. The van der Waals surface area contributed by atoms with E-state index in [4.69, 9.17) is 4.42 Å². The van der Waals surface area contributed by atoms with E-state index in [1.54, 1.807) is 11.0 Å². The predicted molar refractivity (Wildman–Crippen MR) is 109 cm³/mol. The van der Waals surface area contributed by atoms with Crippen molar-refractivity contribution in [3.8, 4) is 0 Å². The summed E-state index contributed by atoms with van der Waals surface area (Å²) in [6, 6.07) is 12.9. The molecule has 2 aromatic heterocycles. The van der Waals surface area contributed by atoms with Gasteiger partial charge in [0.1, 0.15) is 18.7 Å². The van der Waals surface area contributed by atoms with Crippen molar-refractivity contribution >= 4 is 22.3 Å². The summed E-state index contributed by atoms with van der Waals surface area (Å²) in [6.07, 6.45) is 3.61. The van der Waals surface area contributed by atoms with Crippen LogP contribution < -0.4 is 15.8 Å². The van der Waals surface area contributed by atoms with Gasteiger partial charge in [-0.1, -0.05) is 25.1 Å². The zero-order valence-electron chi connectivity index (χ0n) is 15.9. The van der Waals surface area contributed by atoms with Crippen molar-refractivity contribution in [2.45, 2.75) is 38.8 Å². The van der Waals surface area contributed by atoms with Crippen molar-refractivity contribution in [3.63, 3.8) is 0 Å². The average molecular weight is 385 g/mol. The van der Waals surface area contributed by atoms with E-state index in [2.05, 4.69) is 41.9 Å². The largest absolute Gasteiger partial charge is 0.423 e. The van der Waals surface area contributed by atoms with Crippen LogP contribution >= 0.6 is 11.3 Å². The molecule has 1 aromatic carbocycles. The second-order valence-electron chi connectivity index (χ2n) is 7.44. The second-order valence-corrected chi connectivity index (χ2v) is 8.42. The van der Waals surface area contributed by atoms with Crippen molar-refractivity contribution in [1.82, 2.24) is 0 Å². The van der Waals surface area contributed by atoms with Crippen LogP contribution in [0.25, 0.3) is 11.0 Å². The monoisotopic (exact) mass is 384 g/mol. The van der Waals surface area contributed by atoms with Gasteiger partial charge in [0.25, 0.3) is 0 Å². The molecule has 0 amide bonds. The smallest absolute Gasteiger partial charge is 0.336 e. The van der Waals surface area contributed by atoms with E-state index in [9.17, 15) is 4.79 Å². The molecule has 0 spiro atoms. The Bertz CT molecular complexity index is 943. The highest BCUT2D eigenvalue weighted by Crippen LogP contribution is 2.19. The Morgan fingerprint density at radius 2 is 2.07 bits per heavy atom. The number of likely N-dealkylation sites (tertiary alicyclic amines) is 1. The zero-order valence-corrected chi connectivity index (χ0v) is 16.7. The van der Waals surface area contributed by atoms with Crippen LogP contribution in [0.5, 0.6) is 0 Å². The highest BCUT2D eigenvalue weighted by atomic mass is 32.1. The van der Waals surface area contributed by atoms with E-state index in [1.807, 2.05) is 17.4 Å². The normalized spacial score (nSPS) is 16.2. The first-order valence-corrected chi connectivity index (χ1v) is 10.9. The van der Waals surface area contributed by atoms with Gasteiger partial charge in [-0.2, -0.15) is 0 Å². The molecule has 0 radical (unpaired) electrons. The molecule has 4 rings (SSSR count). The molecule has 27 heavy (non-hydrogen) atoms. The number of rotatable bonds is 7. The fourth-order valence-electron chi connectivity index (χ4n) is 4.22. The predicted octanol–water partition coefficient (Wildman–Crippen LogP) is 1.90. The average Bonchev–Trinajstić information content (AvgIpc) is 3.38. The number of quaternary nitrogens is 2. The molecular formula is C22H28N2O2S+2. The molecule has 1 aliphatic heterocycles. The van der Waals surface area contributed by atoms with E-state index in [-0.39, 0.29) is 5.63 Å². The third kappa shape index (κ3) is 4.15. The minimum absolute atomic E-state index is 0.251. The molecule has 0 aliphatic carbocycles. The van der Waals surface area contributed by atoms with Crippen molar-refractivity contribution in [2.24, 2.45) is 0 Å². The lowest BCUT2D eigenvalue weighted by Crippen LogP contribution is -3.13. The maximum atomic E-state index is 12.0. The summed E-state index contributed by atoms with van der Waals surface area (Å²) >= 11 is 1.87. The third-order valence-corrected chi connectivity index (χ3v) is 6.68. The second kappa shape index (κ2) is 8.38. The number of benzene rings is 1. The SMILES string of the molecule is CCc1ccc2c(C[NH2+]C[C@H](c3cccs3)[NH+]3CCCC3)cc(=O)oc2c1. The Kier molecular flexibility index (Phi) is 5.72. The van der Waals surface area contributed by atoms with Crippen molar-refractivity contribution in [3.05, 3.63) is 68.2 Å². The topological polar surface area (TPSA) is 51.3 Å². The number of hydrogen-bond acceptors (Lipinski definition) is 3. The minimum Gasteiger partial charge on any atom is -0.423 e. The summed E-state index contributed by atoms with van der Waals surface area (Å²) in [5.41, 5.74) is 2.73. The van der Waals surface area contributed by atoms with Crippen LogP contribution in [0.4, 0.5) is 0 Å². The van der Waals surface area contributed by atoms with Gasteiger partial charge >= 0.3 is 5.63 Å². The van der Waals surface area contributed by atoms with E-state index in [0.29, 0.717) is 11.6 Å². The van der Waals surface area contributed by atoms with Gasteiger partial charge in [0.05, 0.1) is 18.0 Å². The molecule has 0 saturated carbocycles. The van der Waals surface area contributed by atoms with Crippen molar-refractivity contribution in [2.75, 3.05) is 19.6 Å². The number of hydrogen-bond donors (Lipinski definition) is 2. The van der Waals surface area contributed by atoms with Crippen molar-refractivity contribution in [1.29, 1.82) is 0 Å². The number of nitrogens with one attached hydrogen (secondary N) is 1. The van der Waals surface area contributed by atoms with E-state index in [1.165, 1.54) is 36.4 Å².